The van der Waals surface area contributed by atoms with Gasteiger partial charge in [0.2, 0.25) is 27.6 Å². The molecule has 0 unspecified atom stereocenters. The second-order valence-electron chi connectivity index (χ2n) is 6.15. The van der Waals surface area contributed by atoms with E-state index in [1.807, 2.05) is 16.8 Å². The number of sulfonamides is 1. The standard InChI is InChI=1S/C17H16N4O4S2/c18-27(23,24)13-2-1-11-5-7-21(14(11)9-13)16(22)4-3-15-19-17(20-25-15)12-6-8-26-10-12/h1-2,6,8-10H,3-5,7H2,(H2,18,23,24). The highest BCUT2D eigenvalue weighted by Gasteiger charge is 2.26. The first kappa shape index (κ1) is 17.8. The number of aryl methyl sites for hydroxylation is 1. The number of aromatic nitrogens is 2. The summed E-state index contributed by atoms with van der Waals surface area (Å²) in [5, 5.41) is 13.0. The van der Waals surface area contributed by atoms with Crippen LogP contribution in [0, 0.1) is 0 Å². The quantitative estimate of drug-likeness (QED) is 0.694. The second kappa shape index (κ2) is 6.87. The van der Waals surface area contributed by atoms with Crippen LogP contribution >= 0.6 is 11.3 Å². The third-order valence-corrected chi connectivity index (χ3v) is 5.98. The molecule has 27 heavy (non-hydrogen) atoms. The lowest BCUT2D eigenvalue weighted by atomic mass is 10.2. The van der Waals surface area contributed by atoms with Crippen LogP contribution < -0.4 is 10.0 Å². The molecule has 8 nitrogen and oxygen atoms in total. The molecule has 0 fully saturated rings. The van der Waals surface area contributed by atoms with Gasteiger partial charge in [0.15, 0.2) is 0 Å². The fourth-order valence-corrected chi connectivity index (χ4v) is 4.18. The van der Waals surface area contributed by atoms with Gasteiger partial charge in [0.05, 0.1) is 4.90 Å². The molecular formula is C17H16N4O4S2. The summed E-state index contributed by atoms with van der Waals surface area (Å²) in [6, 6.07) is 6.52. The molecule has 3 heterocycles. The number of anilines is 1. The van der Waals surface area contributed by atoms with Gasteiger partial charge in [0.25, 0.3) is 0 Å². The van der Waals surface area contributed by atoms with E-state index in [9.17, 15) is 13.2 Å². The van der Waals surface area contributed by atoms with Gasteiger partial charge in [0, 0.05) is 36.0 Å². The Morgan fingerprint density at radius 1 is 1.33 bits per heavy atom. The first-order valence-corrected chi connectivity index (χ1v) is 10.7. The highest BCUT2D eigenvalue weighted by Crippen LogP contribution is 2.31. The molecule has 2 aromatic heterocycles. The van der Waals surface area contributed by atoms with Crippen molar-refractivity contribution in [1.82, 2.24) is 10.1 Å². The van der Waals surface area contributed by atoms with Crippen molar-refractivity contribution in [2.75, 3.05) is 11.4 Å². The van der Waals surface area contributed by atoms with Crippen LogP contribution in [0.15, 0.2) is 44.4 Å². The second-order valence-corrected chi connectivity index (χ2v) is 8.50. The Bertz CT molecular complexity index is 1090. The van der Waals surface area contributed by atoms with Gasteiger partial charge < -0.3 is 9.42 Å². The smallest absolute Gasteiger partial charge is 0.238 e. The van der Waals surface area contributed by atoms with Crippen LogP contribution in [-0.2, 0) is 27.7 Å². The lowest BCUT2D eigenvalue weighted by molar-refractivity contribution is -0.118. The van der Waals surface area contributed by atoms with E-state index in [-0.39, 0.29) is 17.2 Å². The zero-order valence-electron chi connectivity index (χ0n) is 14.2. The van der Waals surface area contributed by atoms with Crippen molar-refractivity contribution in [3.05, 3.63) is 46.5 Å². The predicted molar refractivity (Wildman–Crippen MR) is 99.8 cm³/mol. The van der Waals surface area contributed by atoms with Gasteiger partial charge in [-0.05, 0) is 35.6 Å². The number of thiophene rings is 1. The normalized spacial score (nSPS) is 13.7. The molecule has 0 saturated heterocycles. The van der Waals surface area contributed by atoms with E-state index in [1.54, 1.807) is 22.3 Å². The summed E-state index contributed by atoms with van der Waals surface area (Å²) < 4.78 is 28.3. The van der Waals surface area contributed by atoms with Gasteiger partial charge in [-0.3, -0.25) is 4.79 Å². The van der Waals surface area contributed by atoms with Crippen LogP contribution in [0.1, 0.15) is 17.9 Å². The minimum absolute atomic E-state index is 0.00161. The number of fused-ring (bicyclic) bond motifs is 1. The van der Waals surface area contributed by atoms with Gasteiger partial charge in [-0.2, -0.15) is 16.3 Å². The van der Waals surface area contributed by atoms with E-state index in [4.69, 9.17) is 9.66 Å². The zero-order valence-corrected chi connectivity index (χ0v) is 15.8. The number of carbonyl (C=O) groups excluding carboxylic acids is 1. The number of primary sulfonamides is 1. The van der Waals surface area contributed by atoms with Gasteiger partial charge in [-0.1, -0.05) is 11.2 Å². The van der Waals surface area contributed by atoms with Gasteiger partial charge in [0.1, 0.15) is 0 Å². The maximum absolute atomic E-state index is 12.6. The summed E-state index contributed by atoms with van der Waals surface area (Å²) in [6.45, 7) is 0.506. The molecule has 10 heteroatoms. The number of benzene rings is 1. The fraction of sp³-hybridized carbons (Fsp3) is 0.235. The molecule has 0 radical (unpaired) electrons. The lowest BCUT2D eigenvalue weighted by Crippen LogP contribution is -2.29. The van der Waals surface area contributed by atoms with Crippen molar-refractivity contribution in [3.63, 3.8) is 0 Å². The first-order chi connectivity index (χ1) is 12.9. The number of amides is 1. The van der Waals surface area contributed by atoms with Crippen molar-refractivity contribution in [1.29, 1.82) is 0 Å². The zero-order chi connectivity index (χ0) is 19.0. The van der Waals surface area contributed by atoms with E-state index < -0.39 is 10.0 Å². The van der Waals surface area contributed by atoms with Crippen molar-refractivity contribution < 1.29 is 17.7 Å². The molecule has 1 aliphatic rings. The van der Waals surface area contributed by atoms with Crippen LogP contribution in [0.5, 0.6) is 0 Å². The molecule has 1 aliphatic heterocycles. The van der Waals surface area contributed by atoms with Crippen molar-refractivity contribution in [3.8, 4) is 11.4 Å². The molecule has 2 N–H and O–H groups in total. The van der Waals surface area contributed by atoms with Gasteiger partial charge in [-0.15, -0.1) is 0 Å². The Labute approximate surface area is 159 Å². The lowest BCUT2D eigenvalue weighted by Gasteiger charge is -2.17. The van der Waals surface area contributed by atoms with Crippen molar-refractivity contribution in [2.24, 2.45) is 5.14 Å². The molecule has 0 saturated carbocycles. The third-order valence-electron chi connectivity index (χ3n) is 4.38. The van der Waals surface area contributed by atoms with Crippen molar-refractivity contribution >= 4 is 33.0 Å². The topological polar surface area (TPSA) is 119 Å². The Kier molecular flexibility index (Phi) is 4.54. The Hall–Kier alpha value is -2.56. The summed E-state index contributed by atoms with van der Waals surface area (Å²) in [5.41, 5.74) is 2.40. The Morgan fingerprint density at radius 2 is 2.19 bits per heavy atom. The highest BCUT2D eigenvalue weighted by molar-refractivity contribution is 7.89. The van der Waals surface area contributed by atoms with Crippen LogP contribution in [0.25, 0.3) is 11.4 Å². The SMILES string of the molecule is NS(=O)(=O)c1ccc2c(c1)N(C(=O)CCc1nc(-c3ccsc3)no1)CC2. The molecule has 0 atom stereocenters. The number of hydrogen-bond acceptors (Lipinski definition) is 7. The Balaban J connectivity index is 1.46. The van der Waals surface area contributed by atoms with E-state index >= 15 is 0 Å². The van der Waals surface area contributed by atoms with Crippen LogP contribution in [0.4, 0.5) is 5.69 Å². The fourth-order valence-electron chi connectivity index (χ4n) is 3.01. The average Bonchev–Trinajstić information content (AvgIpc) is 3.37. The van der Waals surface area contributed by atoms with E-state index in [2.05, 4.69) is 10.1 Å². The maximum Gasteiger partial charge on any atom is 0.238 e. The molecule has 0 aliphatic carbocycles. The number of nitrogens with zero attached hydrogens (tertiary/aromatic N) is 3. The monoisotopic (exact) mass is 404 g/mol. The molecule has 0 spiro atoms. The summed E-state index contributed by atoms with van der Waals surface area (Å²) >= 11 is 1.54. The molecular weight excluding hydrogens is 388 g/mol. The number of hydrogen-bond donors (Lipinski definition) is 1. The minimum atomic E-state index is -3.82. The predicted octanol–water partition coefficient (Wildman–Crippen LogP) is 1.97. The number of carbonyl (C=O) groups is 1. The molecule has 1 amide bonds. The average molecular weight is 404 g/mol. The molecule has 140 valence electrons. The minimum Gasteiger partial charge on any atom is -0.339 e. The molecule has 4 rings (SSSR count). The van der Waals surface area contributed by atoms with Gasteiger partial charge in [-0.25, -0.2) is 13.6 Å². The highest BCUT2D eigenvalue weighted by atomic mass is 32.2. The maximum atomic E-state index is 12.6. The van der Waals surface area contributed by atoms with Crippen LogP contribution in [0.2, 0.25) is 0 Å². The van der Waals surface area contributed by atoms with E-state index in [0.29, 0.717) is 36.8 Å². The third kappa shape index (κ3) is 3.64. The van der Waals surface area contributed by atoms with Crippen molar-refractivity contribution in [2.45, 2.75) is 24.2 Å². The van der Waals surface area contributed by atoms with Gasteiger partial charge >= 0.3 is 0 Å². The molecule has 3 aromatic rings. The largest absolute Gasteiger partial charge is 0.339 e. The number of rotatable bonds is 5. The summed E-state index contributed by atoms with van der Waals surface area (Å²) in [7, 11) is -3.82. The summed E-state index contributed by atoms with van der Waals surface area (Å²) in [6.07, 6.45) is 1.18. The van der Waals surface area contributed by atoms with E-state index in [0.717, 1.165) is 11.1 Å². The van der Waals surface area contributed by atoms with Crippen LogP contribution in [0.3, 0.4) is 0 Å². The molecule has 1 aromatic carbocycles. The summed E-state index contributed by atoms with van der Waals surface area (Å²) in [4.78, 5) is 18.5. The van der Waals surface area contributed by atoms with Crippen LogP contribution in [-0.4, -0.2) is 31.0 Å². The van der Waals surface area contributed by atoms with E-state index in [1.165, 1.54) is 12.1 Å². The molecule has 0 bridgehead atoms. The first-order valence-electron chi connectivity index (χ1n) is 8.23. The number of nitrogens with two attached hydrogens (primary N) is 1. The Morgan fingerprint density at radius 3 is 2.93 bits per heavy atom. The summed E-state index contributed by atoms with van der Waals surface area (Å²) in [5.74, 6) is 0.765.